The second-order valence-electron chi connectivity index (χ2n) is 6.50. The van der Waals surface area contributed by atoms with E-state index in [1.165, 1.54) is 0 Å². The van der Waals surface area contributed by atoms with Crippen molar-refractivity contribution >= 4 is 11.6 Å². The van der Waals surface area contributed by atoms with Gasteiger partial charge in [0.25, 0.3) is 5.91 Å². The van der Waals surface area contributed by atoms with Crippen LogP contribution in [0.25, 0.3) is 11.3 Å². The molecule has 4 rings (SSSR count). The van der Waals surface area contributed by atoms with Gasteiger partial charge in [-0.25, -0.2) is 4.99 Å². The fraction of sp³-hybridized carbons (Fsp3) is 0.130. The highest BCUT2D eigenvalue weighted by Gasteiger charge is 2.35. The minimum atomic E-state index is -0.305. The number of carbonyl (C=O) groups is 1. The van der Waals surface area contributed by atoms with Gasteiger partial charge in [0.15, 0.2) is 0 Å². The lowest BCUT2D eigenvalue weighted by Crippen LogP contribution is -2.04. The molecule has 0 saturated heterocycles. The molecule has 1 aromatic heterocycles. The molecule has 2 heterocycles. The molecule has 0 bridgehead atoms. The van der Waals surface area contributed by atoms with E-state index in [1.54, 1.807) is 0 Å². The van der Waals surface area contributed by atoms with E-state index < -0.39 is 0 Å². The Morgan fingerprint density at radius 1 is 0.963 bits per heavy atom. The minimum absolute atomic E-state index is 0.0985. The third-order valence-corrected chi connectivity index (χ3v) is 4.78. The maximum atomic E-state index is 12.8. The third kappa shape index (κ3) is 2.89. The van der Waals surface area contributed by atoms with Crippen molar-refractivity contribution in [2.24, 2.45) is 4.99 Å². The lowest BCUT2D eigenvalue weighted by Gasteiger charge is -2.12. The number of unbranched alkanes of at least 4 members (excludes halogenated alkanes) is 1. The predicted molar refractivity (Wildman–Crippen MR) is 107 cm³/mol. The number of allylic oxidation sites excluding steroid dienone is 1. The van der Waals surface area contributed by atoms with Gasteiger partial charge >= 0.3 is 0 Å². The molecular weight excluding hydrogens is 336 g/mol. The quantitative estimate of drug-likeness (QED) is 0.509. The van der Waals surface area contributed by atoms with Crippen LogP contribution in [0.5, 0.6) is 5.88 Å². The zero-order valence-corrected chi connectivity index (χ0v) is 14.9. The Hall–Kier alpha value is -3.40. The van der Waals surface area contributed by atoms with Gasteiger partial charge < -0.3 is 9.67 Å². The molecule has 0 atom stereocenters. The van der Waals surface area contributed by atoms with Gasteiger partial charge in [0.05, 0.1) is 22.5 Å². The van der Waals surface area contributed by atoms with E-state index in [-0.39, 0.29) is 11.8 Å². The molecule has 3 aromatic rings. The number of aromatic hydroxyl groups is 1. The van der Waals surface area contributed by atoms with Gasteiger partial charge in [-0.3, -0.25) is 4.79 Å². The number of hydrogen-bond donors (Lipinski definition) is 1. The molecule has 134 valence electrons. The monoisotopic (exact) mass is 356 g/mol. The zero-order valence-electron chi connectivity index (χ0n) is 14.9. The van der Waals surface area contributed by atoms with E-state index in [0.29, 0.717) is 23.4 Å². The molecule has 4 heteroatoms. The van der Waals surface area contributed by atoms with Crippen LogP contribution in [-0.2, 0) is 6.54 Å². The minimum Gasteiger partial charge on any atom is -0.494 e. The lowest BCUT2D eigenvalue weighted by molar-refractivity contribution is 0.101. The van der Waals surface area contributed by atoms with Crippen molar-refractivity contribution in [3.8, 4) is 17.1 Å². The lowest BCUT2D eigenvalue weighted by atomic mass is 10.0. The predicted octanol–water partition coefficient (Wildman–Crippen LogP) is 4.82. The van der Waals surface area contributed by atoms with Crippen molar-refractivity contribution in [1.29, 1.82) is 0 Å². The number of hydrogen-bond acceptors (Lipinski definition) is 2. The van der Waals surface area contributed by atoms with E-state index in [0.717, 1.165) is 29.7 Å². The summed E-state index contributed by atoms with van der Waals surface area (Å²) in [5.41, 5.74) is 3.99. The van der Waals surface area contributed by atoms with Crippen molar-refractivity contribution in [3.63, 3.8) is 0 Å². The number of aliphatic imine (C=N–C) groups is 1. The molecule has 0 radical (unpaired) electrons. The first-order valence-corrected chi connectivity index (χ1v) is 9.03. The standard InChI is InChI=1S/C23H20N2O2/c1-2-3-10-15-25-21(17-13-8-5-9-14-17)19-18(23(25)27)20(24-22(19)26)16-11-6-4-7-12-16/h2,4-9,11-14,27H,1,3,10,15H2. The van der Waals surface area contributed by atoms with Gasteiger partial charge in [-0.05, 0) is 18.4 Å². The molecule has 0 spiro atoms. The molecule has 1 aliphatic heterocycles. The SMILES string of the molecule is C=CCCCn1c(O)c2c(c1-c1ccccc1)C(=O)N=C2c1ccccc1. The van der Waals surface area contributed by atoms with E-state index in [4.69, 9.17) is 0 Å². The average molecular weight is 356 g/mol. The highest BCUT2D eigenvalue weighted by atomic mass is 16.3. The first kappa shape index (κ1) is 17.0. The molecular formula is C23H20N2O2. The Kier molecular flexibility index (Phi) is 4.47. The van der Waals surface area contributed by atoms with Gasteiger partial charge in [0.2, 0.25) is 5.88 Å². The van der Waals surface area contributed by atoms with Crippen molar-refractivity contribution in [2.75, 3.05) is 0 Å². The average Bonchev–Trinajstić information content (AvgIpc) is 3.19. The summed E-state index contributed by atoms with van der Waals surface area (Å²) >= 11 is 0. The molecule has 1 amide bonds. The van der Waals surface area contributed by atoms with Crippen molar-refractivity contribution < 1.29 is 9.90 Å². The fourth-order valence-electron chi connectivity index (χ4n) is 3.56. The van der Waals surface area contributed by atoms with Crippen LogP contribution >= 0.6 is 0 Å². The second kappa shape index (κ2) is 7.08. The summed E-state index contributed by atoms with van der Waals surface area (Å²) in [7, 11) is 0. The van der Waals surface area contributed by atoms with Crippen LogP contribution in [0.2, 0.25) is 0 Å². The largest absolute Gasteiger partial charge is 0.494 e. The molecule has 4 nitrogen and oxygen atoms in total. The highest BCUT2D eigenvalue weighted by Crippen LogP contribution is 2.41. The number of benzene rings is 2. The van der Waals surface area contributed by atoms with Crippen LogP contribution < -0.4 is 0 Å². The molecule has 1 N–H and O–H groups in total. The Balaban J connectivity index is 1.92. The van der Waals surface area contributed by atoms with E-state index in [2.05, 4.69) is 11.6 Å². The summed E-state index contributed by atoms with van der Waals surface area (Å²) in [5.74, 6) is -0.207. The van der Waals surface area contributed by atoms with Crippen LogP contribution in [0.1, 0.15) is 34.3 Å². The summed E-state index contributed by atoms with van der Waals surface area (Å²) < 4.78 is 1.83. The second-order valence-corrected chi connectivity index (χ2v) is 6.50. The zero-order chi connectivity index (χ0) is 18.8. The first-order valence-electron chi connectivity index (χ1n) is 9.03. The van der Waals surface area contributed by atoms with Crippen LogP contribution in [0, 0.1) is 0 Å². The third-order valence-electron chi connectivity index (χ3n) is 4.78. The van der Waals surface area contributed by atoms with Gasteiger partial charge in [0.1, 0.15) is 0 Å². The van der Waals surface area contributed by atoms with Crippen molar-refractivity contribution in [2.45, 2.75) is 19.4 Å². The highest BCUT2D eigenvalue weighted by molar-refractivity contribution is 6.30. The number of amides is 1. The molecule has 0 saturated carbocycles. The van der Waals surface area contributed by atoms with Crippen LogP contribution in [0.4, 0.5) is 0 Å². The summed E-state index contributed by atoms with van der Waals surface area (Å²) in [6, 6.07) is 19.2. The molecule has 2 aromatic carbocycles. The maximum Gasteiger partial charge on any atom is 0.280 e. The molecule has 0 aliphatic carbocycles. The smallest absolute Gasteiger partial charge is 0.280 e. The van der Waals surface area contributed by atoms with Gasteiger partial charge in [-0.15, -0.1) is 6.58 Å². The number of aromatic nitrogens is 1. The summed E-state index contributed by atoms with van der Waals surface area (Å²) in [4.78, 5) is 17.1. The number of nitrogens with zero attached hydrogens (tertiary/aromatic N) is 2. The molecule has 27 heavy (non-hydrogen) atoms. The van der Waals surface area contributed by atoms with Gasteiger partial charge in [0, 0.05) is 12.1 Å². The number of fused-ring (bicyclic) bond motifs is 1. The summed E-state index contributed by atoms with van der Waals surface area (Å²) in [6.45, 7) is 4.37. The fourth-order valence-corrected chi connectivity index (χ4v) is 3.56. The van der Waals surface area contributed by atoms with Crippen LogP contribution in [0.15, 0.2) is 78.3 Å². The van der Waals surface area contributed by atoms with Crippen molar-refractivity contribution in [3.05, 3.63) is 90.0 Å². The summed E-state index contributed by atoms with van der Waals surface area (Å²) in [5, 5.41) is 11.0. The molecule has 0 fully saturated rings. The molecule has 0 unspecified atom stereocenters. The Labute approximate surface area is 158 Å². The number of carbonyl (C=O) groups excluding carboxylic acids is 1. The van der Waals surface area contributed by atoms with Crippen molar-refractivity contribution in [1.82, 2.24) is 4.57 Å². The molecule has 1 aliphatic rings. The van der Waals surface area contributed by atoms with E-state index in [9.17, 15) is 9.90 Å². The van der Waals surface area contributed by atoms with E-state index >= 15 is 0 Å². The van der Waals surface area contributed by atoms with Gasteiger partial charge in [-0.1, -0.05) is 66.7 Å². The number of rotatable bonds is 6. The Morgan fingerprint density at radius 2 is 1.59 bits per heavy atom. The van der Waals surface area contributed by atoms with Gasteiger partial charge in [-0.2, -0.15) is 0 Å². The van der Waals surface area contributed by atoms with Crippen LogP contribution in [0.3, 0.4) is 0 Å². The normalized spacial score (nSPS) is 12.7. The van der Waals surface area contributed by atoms with Crippen LogP contribution in [-0.4, -0.2) is 21.3 Å². The first-order chi connectivity index (χ1) is 13.2. The Bertz CT molecular complexity index is 1030. The topological polar surface area (TPSA) is 54.6 Å². The Morgan fingerprint density at radius 3 is 2.22 bits per heavy atom. The maximum absolute atomic E-state index is 12.8. The summed E-state index contributed by atoms with van der Waals surface area (Å²) in [6.07, 6.45) is 3.53. The van der Waals surface area contributed by atoms with E-state index in [1.807, 2.05) is 71.3 Å².